The first-order valence-corrected chi connectivity index (χ1v) is 4.35. The summed E-state index contributed by atoms with van der Waals surface area (Å²) in [6.07, 6.45) is 2.03. The Morgan fingerprint density at radius 1 is 1.64 bits per heavy atom. The molecule has 0 aromatic carbocycles. The van der Waals surface area contributed by atoms with Gasteiger partial charge in [0.2, 0.25) is 0 Å². The third-order valence-electron chi connectivity index (χ3n) is 1.97. The summed E-state index contributed by atoms with van der Waals surface area (Å²) in [7, 11) is 1.57. The smallest absolute Gasteiger partial charge is 0.306 e. The Bertz CT molecular complexity index is 308. The fraction of sp³-hybridized carbons (Fsp3) is 0.400. The van der Waals surface area contributed by atoms with E-state index in [1.54, 1.807) is 32.4 Å². The van der Waals surface area contributed by atoms with Crippen molar-refractivity contribution < 1.29 is 14.6 Å². The van der Waals surface area contributed by atoms with Gasteiger partial charge in [-0.05, 0) is 12.1 Å². The van der Waals surface area contributed by atoms with Gasteiger partial charge in [-0.3, -0.25) is 9.78 Å². The van der Waals surface area contributed by atoms with Gasteiger partial charge >= 0.3 is 5.97 Å². The maximum atomic E-state index is 10.6. The average molecular weight is 195 g/mol. The van der Waals surface area contributed by atoms with Crippen molar-refractivity contribution in [2.45, 2.75) is 13.3 Å². The lowest BCUT2D eigenvalue weighted by molar-refractivity contribution is -0.141. The highest BCUT2D eigenvalue weighted by Gasteiger charge is 2.11. The quantitative estimate of drug-likeness (QED) is 0.787. The van der Waals surface area contributed by atoms with Crippen LogP contribution in [0.5, 0.6) is 5.75 Å². The number of aromatic nitrogens is 1. The van der Waals surface area contributed by atoms with E-state index in [0.29, 0.717) is 12.2 Å². The van der Waals surface area contributed by atoms with Gasteiger partial charge in [-0.25, -0.2) is 0 Å². The van der Waals surface area contributed by atoms with Crippen LogP contribution in [0, 0.1) is 5.92 Å². The summed E-state index contributed by atoms with van der Waals surface area (Å²) in [5, 5.41) is 8.69. The van der Waals surface area contributed by atoms with E-state index in [1.165, 1.54) is 0 Å². The topological polar surface area (TPSA) is 59.4 Å². The maximum absolute atomic E-state index is 10.6. The fourth-order valence-electron chi connectivity index (χ4n) is 1.05. The van der Waals surface area contributed by atoms with Crippen molar-refractivity contribution in [1.82, 2.24) is 4.98 Å². The highest BCUT2D eigenvalue weighted by molar-refractivity contribution is 5.69. The number of carbonyl (C=O) groups is 1. The van der Waals surface area contributed by atoms with Gasteiger partial charge in [-0.1, -0.05) is 6.92 Å². The third-order valence-corrected chi connectivity index (χ3v) is 1.97. The number of aliphatic carboxylic acids is 1. The summed E-state index contributed by atoms with van der Waals surface area (Å²) < 4.78 is 4.94. The number of rotatable bonds is 4. The molecule has 1 rings (SSSR count). The molecule has 0 radical (unpaired) electrons. The number of carboxylic acids is 1. The number of pyridine rings is 1. The number of hydrogen-bond acceptors (Lipinski definition) is 3. The van der Waals surface area contributed by atoms with Gasteiger partial charge in [0.1, 0.15) is 5.75 Å². The van der Waals surface area contributed by atoms with E-state index in [-0.39, 0.29) is 0 Å². The number of methoxy groups -OCH3 is 1. The summed E-state index contributed by atoms with van der Waals surface area (Å²) in [6.45, 7) is 1.66. The highest BCUT2D eigenvalue weighted by atomic mass is 16.5. The number of ether oxygens (including phenoxy) is 1. The summed E-state index contributed by atoms with van der Waals surface area (Å²) in [5.74, 6) is -0.532. The molecule has 0 amide bonds. The Hall–Kier alpha value is -1.58. The molecule has 1 heterocycles. The van der Waals surface area contributed by atoms with Gasteiger partial charge in [0.25, 0.3) is 0 Å². The molecule has 0 fully saturated rings. The van der Waals surface area contributed by atoms with Gasteiger partial charge < -0.3 is 9.84 Å². The molecule has 1 unspecified atom stereocenters. The standard InChI is InChI=1S/C10H13NO3/c1-7(10(12)13)5-8-3-4-9(14-2)6-11-8/h3-4,6-7H,5H2,1-2H3,(H,12,13). The monoisotopic (exact) mass is 195 g/mol. The van der Waals surface area contributed by atoms with E-state index in [4.69, 9.17) is 9.84 Å². The number of nitrogens with zero attached hydrogens (tertiary/aromatic N) is 1. The van der Waals surface area contributed by atoms with Crippen LogP contribution in [-0.4, -0.2) is 23.2 Å². The van der Waals surface area contributed by atoms with Crippen LogP contribution < -0.4 is 4.74 Å². The van der Waals surface area contributed by atoms with Gasteiger partial charge in [-0.15, -0.1) is 0 Å². The molecule has 4 nitrogen and oxygen atoms in total. The molecule has 0 spiro atoms. The lowest BCUT2D eigenvalue weighted by atomic mass is 10.1. The molecule has 1 N–H and O–H groups in total. The van der Waals surface area contributed by atoms with E-state index in [2.05, 4.69) is 4.98 Å². The van der Waals surface area contributed by atoms with E-state index in [9.17, 15) is 4.79 Å². The minimum atomic E-state index is -0.803. The third kappa shape index (κ3) is 2.73. The normalized spacial score (nSPS) is 12.1. The maximum Gasteiger partial charge on any atom is 0.306 e. The largest absolute Gasteiger partial charge is 0.495 e. The Morgan fingerprint density at radius 3 is 2.79 bits per heavy atom. The van der Waals surface area contributed by atoms with Crippen molar-refractivity contribution in [2.75, 3.05) is 7.11 Å². The molecule has 0 bridgehead atoms. The van der Waals surface area contributed by atoms with Crippen molar-refractivity contribution >= 4 is 5.97 Å². The fourth-order valence-corrected chi connectivity index (χ4v) is 1.05. The molecule has 0 aliphatic rings. The minimum absolute atomic E-state index is 0.407. The first-order valence-electron chi connectivity index (χ1n) is 4.35. The Labute approximate surface area is 82.5 Å². The lowest BCUT2D eigenvalue weighted by Crippen LogP contribution is -2.12. The zero-order chi connectivity index (χ0) is 10.6. The van der Waals surface area contributed by atoms with E-state index in [0.717, 1.165) is 5.69 Å². The second-order valence-electron chi connectivity index (χ2n) is 3.13. The van der Waals surface area contributed by atoms with Crippen molar-refractivity contribution in [3.63, 3.8) is 0 Å². The molecule has 0 saturated carbocycles. The molecule has 1 atom stereocenters. The number of carboxylic acid groups (broad SMARTS) is 1. The molecule has 1 aromatic heterocycles. The van der Waals surface area contributed by atoms with Crippen LogP contribution in [0.15, 0.2) is 18.3 Å². The Balaban J connectivity index is 2.64. The van der Waals surface area contributed by atoms with E-state index < -0.39 is 11.9 Å². The first-order chi connectivity index (χ1) is 6.63. The van der Waals surface area contributed by atoms with Crippen LogP contribution >= 0.6 is 0 Å². The van der Waals surface area contributed by atoms with Crippen molar-refractivity contribution in [3.05, 3.63) is 24.0 Å². The lowest BCUT2D eigenvalue weighted by Gasteiger charge is -2.05. The van der Waals surface area contributed by atoms with Crippen molar-refractivity contribution in [1.29, 1.82) is 0 Å². The Kier molecular flexibility index (Phi) is 3.45. The molecule has 4 heteroatoms. The van der Waals surface area contributed by atoms with Crippen LogP contribution in [0.1, 0.15) is 12.6 Å². The zero-order valence-corrected chi connectivity index (χ0v) is 8.23. The molecule has 0 aliphatic carbocycles. The molecule has 14 heavy (non-hydrogen) atoms. The first kappa shape index (κ1) is 10.5. The van der Waals surface area contributed by atoms with Crippen molar-refractivity contribution in [3.8, 4) is 5.75 Å². The van der Waals surface area contributed by atoms with Gasteiger partial charge in [-0.2, -0.15) is 0 Å². The van der Waals surface area contributed by atoms with Gasteiger partial charge in [0.15, 0.2) is 0 Å². The molecule has 0 aliphatic heterocycles. The molecular formula is C10H13NO3. The van der Waals surface area contributed by atoms with E-state index >= 15 is 0 Å². The second kappa shape index (κ2) is 4.60. The predicted octanol–water partition coefficient (Wildman–Crippen LogP) is 1.35. The van der Waals surface area contributed by atoms with Crippen LogP contribution in [-0.2, 0) is 11.2 Å². The predicted molar refractivity (Wildman–Crippen MR) is 51.3 cm³/mol. The highest BCUT2D eigenvalue weighted by Crippen LogP contribution is 2.11. The summed E-state index contributed by atoms with van der Waals surface area (Å²) in [4.78, 5) is 14.7. The van der Waals surface area contributed by atoms with E-state index in [1.807, 2.05) is 0 Å². The minimum Gasteiger partial charge on any atom is -0.495 e. The van der Waals surface area contributed by atoms with Crippen LogP contribution in [0.25, 0.3) is 0 Å². The summed E-state index contributed by atoms with van der Waals surface area (Å²) in [6, 6.07) is 3.55. The second-order valence-corrected chi connectivity index (χ2v) is 3.13. The van der Waals surface area contributed by atoms with Crippen LogP contribution in [0.2, 0.25) is 0 Å². The zero-order valence-electron chi connectivity index (χ0n) is 8.23. The van der Waals surface area contributed by atoms with Crippen LogP contribution in [0.3, 0.4) is 0 Å². The Morgan fingerprint density at radius 2 is 2.36 bits per heavy atom. The summed E-state index contributed by atoms with van der Waals surface area (Å²) in [5.41, 5.74) is 0.765. The average Bonchev–Trinajstić information content (AvgIpc) is 2.19. The molecule has 1 aromatic rings. The SMILES string of the molecule is COc1ccc(CC(C)C(=O)O)nc1. The van der Waals surface area contributed by atoms with Gasteiger partial charge in [0.05, 0.1) is 19.2 Å². The van der Waals surface area contributed by atoms with Crippen molar-refractivity contribution in [2.24, 2.45) is 5.92 Å². The molecular weight excluding hydrogens is 182 g/mol. The molecule has 0 saturated heterocycles. The number of hydrogen-bond donors (Lipinski definition) is 1. The molecule has 76 valence electrons. The van der Waals surface area contributed by atoms with Gasteiger partial charge in [0, 0.05) is 12.1 Å². The van der Waals surface area contributed by atoms with Crippen LogP contribution in [0.4, 0.5) is 0 Å². The summed E-state index contributed by atoms with van der Waals surface area (Å²) >= 11 is 0.